The molecule has 0 saturated heterocycles. The lowest BCUT2D eigenvalue weighted by atomic mass is 9.86. The van der Waals surface area contributed by atoms with Crippen molar-refractivity contribution in [3.05, 3.63) is 56.4 Å². The normalized spacial score (nSPS) is 23.0. The molecule has 0 radical (unpaired) electrons. The van der Waals surface area contributed by atoms with Crippen LogP contribution >= 0.6 is 0 Å². The molecule has 9 heteroatoms. The highest BCUT2D eigenvalue weighted by atomic mass is 32.2. The Kier molecular flexibility index (Phi) is 4.06. The van der Waals surface area contributed by atoms with Gasteiger partial charge in [0.05, 0.1) is 44.7 Å². The van der Waals surface area contributed by atoms with Crippen LogP contribution < -0.4 is 11.3 Å². The SMILES string of the molecule is CC[C@@]1(O)C(=O)OCc2c1cc1n(c2=O)Cc2c-1nc1ccc(CN)c3c1c2CCS3=O. The summed E-state index contributed by atoms with van der Waals surface area (Å²) in [5.74, 6) is -0.243. The van der Waals surface area contributed by atoms with E-state index in [4.69, 9.17) is 15.5 Å². The lowest BCUT2D eigenvalue weighted by Crippen LogP contribution is -2.44. The molecule has 1 aromatic carbocycles. The molecule has 3 aliphatic heterocycles. The van der Waals surface area contributed by atoms with Crippen molar-refractivity contribution < 1.29 is 18.8 Å². The van der Waals surface area contributed by atoms with Crippen LogP contribution in [0.1, 0.15) is 41.2 Å². The first-order chi connectivity index (χ1) is 15.4. The molecule has 1 unspecified atom stereocenters. The number of hydrogen-bond acceptors (Lipinski definition) is 7. The smallest absolute Gasteiger partial charge is 0.343 e. The van der Waals surface area contributed by atoms with E-state index in [2.05, 4.69) is 0 Å². The highest BCUT2D eigenvalue weighted by Crippen LogP contribution is 2.42. The van der Waals surface area contributed by atoms with Gasteiger partial charge in [-0.1, -0.05) is 13.0 Å². The average Bonchev–Trinajstić information content (AvgIpc) is 3.17. The quantitative estimate of drug-likeness (QED) is 0.439. The van der Waals surface area contributed by atoms with Gasteiger partial charge in [0.1, 0.15) is 6.61 Å². The van der Waals surface area contributed by atoms with Gasteiger partial charge in [0, 0.05) is 28.8 Å². The minimum absolute atomic E-state index is 0.0992. The fraction of sp³-hybridized carbons (Fsp3) is 0.348. The summed E-state index contributed by atoms with van der Waals surface area (Å²) >= 11 is 0. The van der Waals surface area contributed by atoms with Gasteiger partial charge in [0.2, 0.25) is 0 Å². The van der Waals surface area contributed by atoms with Crippen molar-refractivity contribution >= 4 is 27.7 Å². The van der Waals surface area contributed by atoms with Crippen molar-refractivity contribution in [2.45, 2.75) is 50.0 Å². The average molecular weight is 452 g/mol. The van der Waals surface area contributed by atoms with Gasteiger partial charge in [-0.05, 0) is 36.1 Å². The van der Waals surface area contributed by atoms with Crippen LogP contribution in [0.5, 0.6) is 0 Å². The summed E-state index contributed by atoms with van der Waals surface area (Å²) < 4.78 is 19.6. The van der Waals surface area contributed by atoms with Gasteiger partial charge in [-0.15, -0.1) is 0 Å². The number of nitrogens with zero attached hydrogens (tertiary/aromatic N) is 2. The zero-order valence-electron chi connectivity index (χ0n) is 17.4. The summed E-state index contributed by atoms with van der Waals surface area (Å²) in [6, 6.07) is 5.46. The highest BCUT2D eigenvalue weighted by Gasteiger charge is 2.45. The second-order valence-electron chi connectivity index (χ2n) is 8.47. The largest absolute Gasteiger partial charge is 0.458 e. The first-order valence-corrected chi connectivity index (χ1v) is 11.9. The number of aryl methyl sites for hydroxylation is 1. The molecule has 3 aliphatic rings. The maximum atomic E-state index is 13.4. The van der Waals surface area contributed by atoms with E-state index in [-0.39, 0.29) is 18.6 Å². The van der Waals surface area contributed by atoms with Crippen LogP contribution in [-0.4, -0.2) is 30.6 Å². The first kappa shape index (κ1) is 19.8. The predicted octanol–water partition coefficient (Wildman–Crippen LogP) is 1.20. The molecule has 3 N–H and O–H groups in total. The van der Waals surface area contributed by atoms with Crippen LogP contribution in [0.2, 0.25) is 0 Å². The molecule has 6 rings (SSSR count). The van der Waals surface area contributed by atoms with Gasteiger partial charge in [-0.2, -0.15) is 0 Å². The molecule has 32 heavy (non-hydrogen) atoms. The van der Waals surface area contributed by atoms with Gasteiger partial charge < -0.3 is 20.1 Å². The predicted molar refractivity (Wildman–Crippen MR) is 117 cm³/mol. The number of carbonyl (C=O) groups is 1. The monoisotopic (exact) mass is 451 g/mol. The van der Waals surface area contributed by atoms with E-state index in [0.29, 0.717) is 53.3 Å². The Morgan fingerprint density at radius 1 is 1.28 bits per heavy atom. The zero-order valence-corrected chi connectivity index (χ0v) is 18.3. The van der Waals surface area contributed by atoms with E-state index in [1.165, 1.54) is 0 Å². The fourth-order valence-corrected chi connectivity index (χ4v) is 6.76. The molecule has 2 aromatic heterocycles. The lowest BCUT2D eigenvalue weighted by Gasteiger charge is -2.31. The number of aliphatic hydroxyl groups is 1. The summed E-state index contributed by atoms with van der Waals surface area (Å²) in [6.07, 6.45) is 0.722. The minimum atomic E-state index is -1.85. The molecule has 0 amide bonds. The number of esters is 1. The number of carbonyl (C=O) groups excluding carboxylic acids is 1. The number of ether oxygens (including phenoxy) is 1. The molecule has 0 bridgehead atoms. The minimum Gasteiger partial charge on any atom is -0.458 e. The van der Waals surface area contributed by atoms with Crippen LogP contribution in [0, 0.1) is 0 Å². The molecule has 3 aromatic rings. The summed E-state index contributed by atoms with van der Waals surface area (Å²) in [5.41, 5.74) is 9.17. The molecule has 0 fully saturated rings. The van der Waals surface area contributed by atoms with E-state index in [0.717, 1.165) is 27.0 Å². The molecule has 8 nitrogen and oxygen atoms in total. The molecular formula is C23H21N3O5S. The van der Waals surface area contributed by atoms with E-state index in [1.54, 1.807) is 17.6 Å². The Morgan fingerprint density at radius 3 is 2.84 bits per heavy atom. The van der Waals surface area contributed by atoms with Crippen molar-refractivity contribution in [1.82, 2.24) is 9.55 Å². The number of rotatable bonds is 2. The number of fused-ring (bicyclic) bond motifs is 5. The van der Waals surface area contributed by atoms with E-state index in [9.17, 15) is 18.9 Å². The van der Waals surface area contributed by atoms with Crippen molar-refractivity contribution in [1.29, 1.82) is 0 Å². The van der Waals surface area contributed by atoms with Gasteiger partial charge in [-0.25, -0.2) is 9.78 Å². The second-order valence-corrected chi connectivity index (χ2v) is 9.98. The van der Waals surface area contributed by atoms with Crippen molar-refractivity contribution in [3.8, 4) is 11.4 Å². The Bertz CT molecular complexity index is 1460. The van der Waals surface area contributed by atoms with Crippen LogP contribution in [-0.2, 0) is 52.0 Å². The van der Waals surface area contributed by atoms with E-state index >= 15 is 0 Å². The maximum Gasteiger partial charge on any atom is 0.343 e. The maximum absolute atomic E-state index is 13.4. The van der Waals surface area contributed by atoms with Gasteiger partial charge >= 0.3 is 5.97 Å². The Hall–Kier alpha value is -2.88. The number of benzene rings is 1. The van der Waals surface area contributed by atoms with Crippen molar-refractivity contribution in [2.24, 2.45) is 5.73 Å². The molecule has 5 heterocycles. The summed E-state index contributed by atoms with van der Waals surface area (Å²) in [7, 11) is -1.14. The highest BCUT2D eigenvalue weighted by molar-refractivity contribution is 7.85. The number of cyclic esters (lactones) is 1. The molecule has 2 atom stereocenters. The Labute approximate surface area is 185 Å². The number of pyridine rings is 2. The number of aromatic nitrogens is 2. The summed E-state index contributed by atoms with van der Waals surface area (Å²) in [4.78, 5) is 31.3. The number of hydrogen-bond donors (Lipinski definition) is 2. The van der Waals surface area contributed by atoms with Crippen LogP contribution in [0.15, 0.2) is 27.9 Å². The van der Waals surface area contributed by atoms with Crippen LogP contribution in [0.3, 0.4) is 0 Å². The number of nitrogens with two attached hydrogens (primary N) is 1. The third-order valence-corrected chi connectivity index (χ3v) is 8.48. The van der Waals surface area contributed by atoms with Gasteiger partial charge in [0.15, 0.2) is 5.60 Å². The summed E-state index contributed by atoms with van der Waals surface area (Å²) in [5, 5.41) is 11.9. The van der Waals surface area contributed by atoms with Gasteiger partial charge in [-0.3, -0.25) is 9.00 Å². The van der Waals surface area contributed by atoms with E-state index in [1.807, 2.05) is 12.1 Å². The second kappa shape index (κ2) is 6.57. The van der Waals surface area contributed by atoms with E-state index < -0.39 is 22.4 Å². The third kappa shape index (κ3) is 2.33. The summed E-state index contributed by atoms with van der Waals surface area (Å²) in [6.45, 7) is 2.16. The van der Waals surface area contributed by atoms with Crippen molar-refractivity contribution in [2.75, 3.05) is 5.75 Å². The van der Waals surface area contributed by atoms with Gasteiger partial charge in [0.25, 0.3) is 5.56 Å². The standard InChI is InChI=1S/C23H21N3O5S/c1-2-23(29)15-7-17-19-13(9-26(17)21(27)14(15)10-31-22(23)28)12-5-6-32(30)20-11(8-24)3-4-16(25-19)18(12)20/h3-4,7,29H,2,5-6,8-10,24H2,1H3/t23-,32?/m0/s1. The molecule has 164 valence electrons. The fourth-order valence-electron chi connectivity index (χ4n) is 5.27. The zero-order chi connectivity index (χ0) is 22.4. The van der Waals surface area contributed by atoms with Crippen molar-refractivity contribution in [3.63, 3.8) is 0 Å². The molecule has 0 aliphatic carbocycles. The van der Waals surface area contributed by atoms with Crippen LogP contribution in [0.4, 0.5) is 0 Å². The Balaban J connectivity index is 1.67. The van der Waals surface area contributed by atoms with Crippen LogP contribution in [0.25, 0.3) is 22.3 Å². The lowest BCUT2D eigenvalue weighted by molar-refractivity contribution is -0.172. The molecule has 0 saturated carbocycles. The Morgan fingerprint density at radius 2 is 2.09 bits per heavy atom. The molecular weight excluding hydrogens is 430 g/mol. The third-order valence-electron chi connectivity index (χ3n) is 6.99. The topological polar surface area (TPSA) is 125 Å². The first-order valence-electron chi connectivity index (χ1n) is 10.6. The molecule has 0 spiro atoms.